The molecule has 0 aliphatic carbocycles. The number of aliphatic hydroxyl groups is 1. The summed E-state index contributed by atoms with van der Waals surface area (Å²) >= 11 is 2.81. The third-order valence-corrected chi connectivity index (χ3v) is 7.69. The van der Waals surface area contributed by atoms with Gasteiger partial charge in [0.05, 0.1) is 17.5 Å². The Balaban J connectivity index is 2.42. The molecule has 2 rings (SSSR count). The maximum absolute atomic E-state index is 12.8. The molecule has 2 aromatic heterocycles. The molecule has 0 radical (unpaired) electrons. The van der Waals surface area contributed by atoms with Crippen LogP contribution in [0, 0.1) is 6.92 Å². The molecule has 7 heteroatoms. The summed E-state index contributed by atoms with van der Waals surface area (Å²) in [6.07, 6.45) is 0. The zero-order valence-electron chi connectivity index (χ0n) is 11.5. The van der Waals surface area contributed by atoms with Gasteiger partial charge in [0.15, 0.2) is 0 Å². The van der Waals surface area contributed by atoms with E-state index in [1.807, 2.05) is 24.4 Å². The third-order valence-electron chi connectivity index (χ3n) is 3.27. The first-order valence-electron chi connectivity index (χ1n) is 6.08. The minimum absolute atomic E-state index is 0.231. The predicted octanol–water partition coefficient (Wildman–Crippen LogP) is 2.99. The van der Waals surface area contributed by atoms with Crippen LogP contribution in [0.1, 0.15) is 28.3 Å². The predicted molar refractivity (Wildman–Crippen MR) is 82.7 cm³/mol. The topological polar surface area (TPSA) is 57.6 Å². The summed E-state index contributed by atoms with van der Waals surface area (Å²) in [7, 11) is -2.02. The van der Waals surface area contributed by atoms with Crippen LogP contribution in [0.3, 0.4) is 0 Å². The van der Waals surface area contributed by atoms with Crippen molar-refractivity contribution in [2.24, 2.45) is 0 Å². The van der Waals surface area contributed by atoms with E-state index in [2.05, 4.69) is 0 Å². The number of aliphatic hydroxyl groups excluding tert-OH is 1. The normalized spacial score (nSPS) is 13.8. The molecule has 20 heavy (non-hydrogen) atoms. The third kappa shape index (κ3) is 2.68. The Morgan fingerprint density at radius 2 is 2.10 bits per heavy atom. The fourth-order valence-electron chi connectivity index (χ4n) is 2.00. The Morgan fingerprint density at radius 3 is 2.65 bits per heavy atom. The number of aryl methyl sites for hydroxylation is 1. The second kappa shape index (κ2) is 5.95. The lowest BCUT2D eigenvalue weighted by molar-refractivity contribution is 0.282. The maximum Gasteiger partial charge on any atom is 0.244 e. The van der Waals surface area contributed by atoms with Crippen molar-refractivity contribution in [3.05, 3.63) is 38.2 Å². The van der Waals surface area contributed by atoms with Gasteiger partial charge in [0, 0.05) is 11.9 Å². The largest absolute Gasteiger partial charge is 0.391 e. The van der Waals surface area contributed by atoms with Gasteiger partial charge in [-0.2, -0.15) is 4.31 Å². The van der Waals surface area contributed by atoms with Crippen LogP contribution in [0.5, 0.6) is 0 Å². The minimum Gasteiger partial charge on any atom is -0.391 e. The molecule has 1 N–H and O–H groups in total. The number of nitrogens with zero attached hydrogens (tertiary/aromatic N) is 1. The van der Waals surface area contributed by atoms with Crippen LogP contribution in [0.25, 0.3) is 0 Å². The van der Waals surface area contributed by atoms with Crippen LogP contribution in [0.4, 0.5) is 0 Å². The molecule has 0 amide bonds. The molecule has 1 unspecified atom stereocenters. The van der Waals surface area contributed by atoms with E-state index >= 15 is 0 Å². The fraction of sp³-hybridized carbons (Fsp3) is 0.385. The van der Waals surface area contributed by atoms with E-state index in [9.17, 15) is 13.5 Å². The SMILES string of the molecule is Cc1csc(CO)c1S(=O)(=O)N(C)C(C)c1cccs1. The molecular weight excluding hydrogens is 314 g/mol. The van der Waals surface area contributed by atoms with E-state index < -0.39 is 10.0 Å². The van der Waals surface area contributed by atoms with E-state index in [4.69, 9.17) is 0 Å². The van der Waals surface area contributed by atoms with Crippen LogP contribution in [-0.4, -0.2) is 24.9 Å². The molecule has 0 aliphatic rings. The highest BCUT2D eigenvalue weighted by atomic mass is 32.2. The first-order chi connectivity index (χ1) is 9.39. The van der Waals surface area contributed by atoms with Crippen LogP contribution in [0.2, 0.25) is 0 Å². The highest BCUT2D eigenvalue weighted by Gasteiger charge is 2.31. The van der Waals surface area contributed by atoms with Crippen LogP contribution < -0.4 is 0 Å². The molecule has 0 aromatic carbocycles. The summed E-state index contributed by atoms with van der Waals surface area (Å²) in [5, 5.41) is 13.0. The Hall–Kier alpha value is -0.730. The zero-order chi connectivity index (χ0) is 14.9. The highest BCUT2D eigenvalue weighted by Crippen LogP contribution is 2.33. The van der Waals surface area contributed by atoms with Crippen LogP contribution in [0.15, 0.2) is 27.8 Å². The second-order valence-electron chi connectivity index (χ2n) is 4.54. The minimum atomic E-state index is -3.60. The first-order valence-corrected chi connectivity index (χ1v) is 9.28. The Labute approximate surface area is 127 Å². The van der Waals surface area contributed by atoms with E-state index in [1.54, 1.807) is 19.4 Å². The Morgan fingerprint density at radius 1 is 1.40 bits per heavy atom. The fourth-order valence-corrected chi connectivity index (χ4v) is 5.85. The van der Waals surface area contributed by atoms with Crippen molar-refractivity contribution in [2.75, 3.05) is 7.05 Å². The lowest BCUT2D eigenvalue weighted by Crippen LogP contribution is -2.30. The number of hydrogen-bond donors (Lipinski definition) is 1. The van der Waals surface area contributed by atoms with E-state index in [1.165, 1.54) is 27.0 Å². The van der Waals surface area contributed by atoms with E-state index in [0.29, 0.717) is 10.4 Å². The molecule has 0 aliphatic heterocycles. The molecule has 110 valence electrons. The summed E-state index contributed by atoms with van der Waals surface area (Å²) < 4.78 is 26.9. The summed E-state index contributed by atoms with van der Waals surface area (Å²) in [6, 6.07) is 3.60. The van der Waals surface area contributed by atoms with Crippen molar-refractivity contribution in [3.63, 3.8) is 0 Å². The van der Waals surface area contributed by atoms with Gasteiger partial charge < -0.3 is 5.11 Å². The molecule has 1 atom stereocenters. The van der Waals surface area contributed by atoms with Crippen molar-refractivity contribution < 1.29 is 13.5 Å². The molecule has 0 saturated heterocycles. The quantitative estimate of drug-likeness (QED) is 0.916. The van der Waals surface area contributed by atoms with Gasteiger partial charge in [0.2, 0.25) is 10.0 Å². The average Bonchev–Trinajstić information content (AvgIpc) is 3.05. The Bertz CT molecular complexity index is 674. The number of rotatable bonds is 5. The van der Waals surface area contributed by atoms with Gasteiger partial charge in [-0.3, -0.25) is 0 Å². The van der Waals surface area contributed by atoms with Gasteiger partial charge >= 0.3 is 0 Å². The number of hydrogen-bond acceptors (Lipinski definition) is 5. The number of sulfonamides is 1. The average molecular weight is 331 g/mol. The van der Waals surface area contributed by atoms with Crippen LogP contribution in [-0.2, 0) is 16.6 Å². The lowest BCUT2D eigenvalue weighted by atomic mass is 10.3. The Kier molecular flexibility index (Phi) is 4.66. The standard InChI is InChI=1S/C13H17NO3S3/c1-9-8-19-12(7-15)13(9)20(16,17)14(3)10(2)11-5-4-6-18-11/h4-6,8,10,15H,7H2,1-3H3. The van der Waals surface area contributed by atoms with Gasteiger partial charge in [0.1, 0.15) is 4.90 Å². The van der Waals surface area contributed by atoms with Crippen molar-refractivity contribution in [2.45, 2.75) is 31.4 Å². The molecule has 0 saturated carbocycles. The van der Waals surface area contributed by atoms with E-state index in [0.717, 1.165) is 4.88 Å². The maximum atomic E-state index is 12.8. The molecular formula is C13H17NO3S3. The van der Waals surface area contributed by atoms with Crippen molar-refractivity contribution in [1.82, 2.24) is 4.31 Å². The van der Waals surface area contributed by atoms with Crippen molar-refractivity contribution >= 4 is 32.7 Å². The summed E-state index contributed by atoms with van der Waals surface area (Å²) in [6.45, 7) is 3.37. The van der Waals surface area contributed by atoms with Gasteiger partial charge in [-0.15, -0.1) is 22.7 Å². The van der Waals surface area contributed by atoms with Gasteiger partial charge in [-0.1, -0.05) is 6.07 Å². The molecule has 4 nitrogen and oxygen atoms in total. The summed E-state index contributed by atoms with van der Waals surface area (Å²) in [4.78, 5) is 1.73. The molecule has 2 heterocycles. The van der Waals surface area contributed by atoms with E-state index in [-0.39, 0.29) is 17.5 Å². The molecule has 0 fully saturated rings. The zero-order valence-corrected chi connectivity index (χ0v) is 14.0. The summed E-state index contributed by atoms with van der Waals surface area (Å²) in [5.41, 5.74) is 0.685. The smallest absolute Gasteiger partial charge is 0.244 e. The van der Waals surface area contributed by atoms with Crippen molar-refractivity contribution in [3.8, 4) is 0 Å². The number of thiophene rings is 2. The molecule has 0 spiro atoms. The van der Waals surface area contributed by atoms with Gasteiger partial charge in [-0.05, 0) is 36.2 Å². The van der Waals surface area contributed by atoms with Gasteiger partial charge in [-0.25, -0.2) is 8.42 Å². The van der Waals surface area contributed by atoms with Crippen LogP contribution >= 0.6 is 22.7 Å². The highest BCUT2D eigenvalue weighted by molar-refractivity contribution is 7.89. The molecule has 2 aromatic rings. The summed E-state index contributed by atoms with van der Waals surface area (Å²) in [5.74, 6) is 0. The molecule has 0 bridgehead atoms. The monoisotopic (exact) mass is 331 g/mol. The van der Waals surface area contributed by atoms with Gasteiger partial charge in [0.25, 0.3) is 0 Å². The second-order valence-corrected chi connectivity index (χ2v) is 8.42. The first kappa shape index (κ1) is 15.7. The van der Waals surface area contributed by atoms with Crippen molar-refractivity contribution in [1.29, 1.82) is 0 Å². The lowest BCUT2D eigenvalue weighted by Gasteiger charge is -2.24.